The third kappa shape index (κ3) is 4.00. The Hall–Kier alpha value is -1.10. The third-order valence-corrected chi connectivity index (χ3v) is 5.07. The second-order valence-corrected chi connectivity index (χ2v) is 7.14. The Kier molecular flexibility index (Phi) is 5.48. The topological polar surface area (TPSA) is 49.6 Å². The molecule has 1 heterocycles. The monoisotopic (exact) mass is 323 g/mol. The summed E-state index contributed by atoms with van der Waals surface area (Å²) in [4.78, 5) is 16.5. The fourth-order valence-corrected chi connectivity index (χ4v) is 3.04. The van der Waals surface area contributed by atoms with Crippen LogP contribution in [0.5, 0.6) is 0 Å². The molecule has 1 aromatic carbocycles. The third-order valence-electron chi connectivity index (χ3n) is 4.82. The van der Waals surface area contributed by atoms with Crippen LogP contribution in [-0.4, -0.2) is 48.9 Å². The molecule has 1 saturated heterocycles. The second kappa shape index (κ2) is 6.99. The molecule has 4 nitrogen and oxygen atoms in total. The summed E-state index contributed by atoms with van der Waals surface area (Å²) in [7, 11) is 1.86. The number of hydrogen-bond acceptors (Lipinski definition) is 3. The molecular weight excluding hydrogens is 298 g/mol. The lowest BCUT2D eigenvalue weighted by molar-refractivity contribution is -0.132. The van der Waals surface area contributed by atoms with E-state index in [0.717, 1.165) is 25.1 Å². The Morgan fingerprint density at radius 2 is 2.09 bits per heavy atom. The highest BCUT2D eigenvalue weighted by Crippen LogP contribution is 2.28. The van der Waals surface area contributed by atoms with Crippen LogP contribution in [0.3, 0.4) is 0 Å². The van der Waals surface area contributed by atoms with Gasteiger partial charge in [0.25, 0.3) is 0 Å². The van der Waals surface area contributed by atoms with Gasteiger partial charge in [-0.15, -0.1) is 0 Å². The summed E-state index contributed by atoms with van der Waals surface area (Å²) in [5.74, 6) is 0.142. The van der Waals surface area contributed by atoms with Crippen molar-refractivity contribution in [1.82, 2.24) is 9.80 Å². The molecule has 1 aliphatic rings. The molecule has 1 amide bonds. The number of nitrogens with two attached hydrogens (primary N) is 1. The highest BCUT2D eigenvalue weighted by molar-refractivity contribution is 6.30. The molecule has 2 atom stereocenters. The average molecular weight is 324 g/mol. The Labute approximate surface area is 138 Å². The molecular formula is C17H26ClN3O. The molecule has 1 fully saturated rings. The average Bonchev–Trinajstić information content (AvgIpc) is 2.88. The van der Waals surface area contributed by atoms with Crippen LogP contribution in [0.25, 0.3) is 0 Å². The molecule has 22 heavy (non-hydrogen) atoms. The Balaban J connectivity index is 1.93. The molecule has 1 aromatic rings. The maximum Gasteiger partial charge on any atom is 0.236 e. The van der Waals surface area contributed by atoms with Crippen LogP contribution >= 0.6 is 11.6 Å². The smallest absolute Gasteiger partial charge is 0.236 e. The molecule has 0 aliphatic carbocycles. The van der Waals surface area contributed by atoms with E-state index in [1.165, 1.54) is 0 Å². The van der Waals surface area contributed by atoms with E-state index >= 15 is 0 Å². The molecule has 1 aliphatic heterocycles. The summed E-state index contributed by atoms with van der Waals surface area (Å²) >= 11 is 5.91. The van der Waals surface area contributed by atoms with Crippen LogP contribution in [-0.2, 0) is 4.79 Å². The summed E-state index contributed by atoms with van der Waals surface area (Å²) in [5.41, 5.74) is 7.07. The van der Waals surface area contributed by atoms with Crippen LogP contribution < -0.4 is 5.73 Å². The van der Waals surface area contributed by atoms with E-state index in [1.54, 1.807) is 4.90 Å². The van der Waals surface area contributed by atoms with Crippen LogP contribution in [0, 0.1) is 5.41 Å². The van der Waals surface area contributed by atoms with E-state index in [1.807, 2.05) is 38.2 Å². The zero-order valence-corrected chi connectivity index (χ0v) is 14.4. The fraction of sp³-hybridized carbons (Fsp3) is 0.588. The van der Waals surface area contributed by atoms with Crippen molar-refractivity contribution in [3.05, 3.63) is 34.9 Å². The number of rotatable bonds is 5. The first-order valence-corrected chi connectivity index (χ1v) is 8.16. The molecule has 0 saturated carbocycles. The standard InChI is InChI=1S/C17H26ClN3O/c1-13(14-4-6-15(18)7-5-14)20(3)16(22)10-21-9-8-17(2,11-19)12-21/h4-7,13H,8-12,19H2,1-3H3. The largest absolute Gasteiger partial charge is 0.338 e. The molecule has 0 spiro atoms. The van der Waals surface area contributed by atoms with Crippen molar-refractivity contribution in [2.75, 3.05) is 33.2 Å². The minimum Gasteiger partial charge on any atom is -0.338 e. The Morgan fingerprint density at radius 1 is 1.45 bits per heavy atom. The molecule has 0 radical (unpaired) electrons. The van der Waals surface area contributed by atoms with Gasteiger partial charge in [-0.25, -0.2) is 0 Å². The lowest BCUT2D eigenvalue weighted by atomic mass is 9.90. The van der Waals surface area contributed by atoms with Gasteiger partial charge in [0.2, 0.25) is 5.91 Å². The molecule has 122 valence electrons. The van der Waals surface area contributed by atoms with Gasteiger partial charge < -0.3 is 10.6 Å². The first-order valence-electron chi connectivity index (χ1n) is 7.78. The van der Waals surface area contributed by atoms with Gasteiger partial charge in [-0.1, -0.05) is 30.7 Å². The Morgan fingerprint density at radius 3 is 2.64 bits per heavy atom. The van der Waals surface area contributed by atoms with Crippen molar-refractivity contribution in [1.29, 1.82) is 0 Å². The van der Waals surface area contributed by atoms with E-state index < -0.39 is 0 Å². The Bertz CT molecular complexity index is 519. The zero-order chi connectivity index (χ0) is 16.3. The molecule has 0 aromatic heterocycles. The summed E-state index contributed by atoms with van der Waals surface area (Å²) in [6, 6.07) is 7.70. The van der Waals surface area contributed by atoms with Crippen molar-refractivity contribution >= 4 is 17.5 Å². The highest BCUT2D eigenvalue weighted by atomic mass is 35.5. The number of hydrogen-bond donors (Lipinski definition) is 1. The fourth-order valence-electron chi connectivity index (χ4n) is 2.91. The van der Waals surface area contributed by atoms with Crippen molar-refractivity contribution in [3.63, 3.8) is 0 Å². The van der Waals surface area contributed by atoms with E-state index in [-0.39, 0.29) is 17.4 Å². The molecule has 0 bridgehead atoms. The van der Waals surface area contributed by atoms with Crippen LogP contribution in [0.2, 0.25) is 5.02 Å². The van der Waals surface area contributed by atoms with Gasteiger partial charge in [-0.2, -0.15) is 0 Å². The number of likely N-dealkylation sites (tertiary alicyclic amines) is 1. The summed E-state index contributed by atoms with van der Waals surface area (Å²) < 4.78 is 0. The first-order chi connectivity index (χ1) is 10.3. The summed E-state index contributed by atoms with van der Waals surface area (Å²) in [6.07, 6.45) is 1.06. The first kappa shape index (κ1) is 17.3. The van der Waals surface area contributed by atoms with E-state index in [4.69, 9.17) is 17.3 Å². The number of halogens is 1. The van der Waals surface area contributed by atoms with Crippen molar-refractivity contribution < 1.29 is 4.79 Å². The van der Waals surface area contributed by atoms with Crippen LogP contribution in [0.1, 0.15) is 31.9 Å². The molecule has 2 rings (SSSR count). The van der Waals surface area contributed by atoms with Gasteiger partial charge in [0.15, 0.2) is 0 Å². The van der Waals surface area contributed by atoms with Gasteiger partial charge in [0, 0.05) is 18.6 Å². The lowest BCUT2D eigenvalue weighted by Gasteiger charge is -2.28. The second-order valence-electron chi connectivity index (χ2n) is 6.71. The predicted molar refractivity (Wildman–Crippen MR) is 90.9 cm³/mol. The number of nitrogens with zero attached hydrogens (tertiary/aromatic N) is 2. The van der Waals surface area contributed by atoms with Crippen molar-refractivity contribution in [2.24, 2.45) is 11.1 Å². The van der Waals surface area contributed by atoms with Crippen molar-refractivity contribution in [2.45, 2.75) is 26.3 Å². The van der Waals surface area contributed by atoms with E-state index in [0.29, 0.717) is 18.1 Å². The van der Waals surface area contributed by atoms with E-state index in [9.17, 15) is 4.79 Å². The molecule has 2 unspecified atom stereocenters. The highest BCUT2D eigenvalue weighted by Gasteiger charge is 2.33. The number of carbonyl (C=O) groups is 1. The number of benzene rings is 1. The van der Waals surface area contributed by atoms with Gasteiger partial charge in [-0.3, -0.25) is 9.69 Å². The predicted octanol–water partition coefficient (Wildman–Crippen LogP) is 2.53. The molecule has 2 N–H and O–H groups in total. The zero-order valence-electron chi connectivity index (χ0n) is 13.7. The summed E-state index contributed by atoms with van der Waals surface area (Å²) in [6.45, 7) is 7.21. The number of carbonyl (C=O) groups excluding carboxylic acids is 1. The quantitative estimate of drug-likeness (QED) is 0.906. The minimum absolute atomic E-state index is 0.0354. The summed E-state index contributed by atoms with van der Waals surface area (Å²) in [5, 5.41) is 0.711. The molecule has 5 heteroatoms. The minimum atomic E-state index is 0.0354. The van der Waals surface area contributed by atoms with E-state index in [2.05, 4.69) is 11.8 Å². The van der Waals surface area contributed by atoms with Gasteiger partial charge in [-0.05, 0) is 49.5 Å². The van der Waals surface area contributed by atoms with Gasteiger partial charge in [0.05, 0.1) is 12.6 Å². The normalized spacial score (nSPS) is 23.5. The maximum absolute atomic E-state index is 12.5. The van der Waals surface area contributed by atoms with Crippen LogP contribution in [0.15, 0.2) is 24.3 Å². The number of likely N-dealkylation sites (N-methyl/N-ethyl adjacent to an activating group) is 1. The SMILES string of the molecule is CC(c1ccc(Cl)cc1)N(C)C(=O)CN1CCC(C)(CN)C1. The maximum atomic E-state index is 12.5. The van der Waals surface area contributed by atoms with Crippen LogP contribution in [0.4, 0.5) is 0 Å². The lowest BCUT2D eigenvalue weighted by Crippen LogP contribution is -2.40. The van der Waals surface area contributed by atoms with Gasteiger partial charge >= 0.3 is 0 Å². The van der Waals surface area contributed by atoms with Gasteiger partial charge in [0.1, 0.15) is 0 Å². The number of amides is 1. The van der Waals surface area contributed by atoms with Crippen molar-refractivity contribution in [3.8, 4) is 0 Å².